The van der Waals surface area contributed by atoms with Gasteiger partial charge in [-0.05, 0) is 25.5 Å². The number of rotatable bonds is 7. The maximum Gasteiger partial charge on any atom is 0.122 e. The van der Waals surface area contributed by atoms with Crippen LogP contribution in [0.25, 0.3) is 0 Å². The summed E-state index contributed by atoms with van der Waals surface area (Å²) in [6, 6.07) is 7.51. The van der Waals surface area contributed by atoms with Crippen molar-refractivity contribution in [3.8, 4) is 0 Å². The number of hydrogen-bond donors (Lipinski definition) is 2. The molecule has 0 spiro atoms. The highest BCUT2D eigenvalue weighted by Gasteiger charge is 1.99. The molecule has 17 heavy (non-hydrogen) atoms. The largest absolute Gasteiger partial charge is 0.384 e. The van der Waals surface area contributed by atoms with Gasteiger partial charge in [0.25, 0.3) is 0 Å². The molecule has 0 aliphatic rings. The molecule has 0 bridgehead atoms. The molecule has 3 N–H and O–H groups in total. The Morgan fingerprint density at radius 2 is 2.12 bits per heavy atom. The molecule has 1 aromatic rings. The van der Waals surface area contributed by atoms with E-state index in [1.54, 1.807) is 0 Å². The van der Waals surface area contributed by atoms with Crippen molar-refractivity contribution >= 4 is 5.84 Å². The molecule has 0 saturated heterocycles. The zero-order valence-corrected chi connectivity index (χ0v) is 10.4. The maximum atomic E-state index is 7.34. The summed E-state index contributed by atoms with van der Waals surface area (Å²) in [6.07, 6.45) is 0.236. The molecule has 0 unspecified atom stereocenters. The van der Waals surface area contributed by atoms with Crippen LogP contribution in [0.1, 0.15) is 25.0 Å². The second kappa shape index (κ2) is 7.04. The Morgan fingerprint density at radius 1 is 1.35 bits per heavy atom. The normalized spacial score (nSPS) is 10.8. The van der Waals surface area contributed by atoms with E-state index in [9.17, 15) is 0 Å². The Balaban J connectivity index is 2.31. The standard InChI is InChI=1S/C13H20N2O2/c1-10(2)17-7-6-16-9-11-4-3-5-12(8-11)13(14)15/h3-5,8,10H,6-7,9H2,1-2H3,(H3,14,15). The summed E-state index contributed by atoms with van der Waals surface area (Å²) < 4.78 is 10.8. The van der Waals surface area contributed by atoms with Crippen molar-refractivity contribution in [3.63, 3.8) is 0 Å². The lowest BCUT2D eigenvalue weighted by Crippen LogP contribution is -2.12. The molecule has 0 amide bonds. The van der Waals surface area contributed by atoms with Crippen LogP contribution in [0.15, 0.2) is 24.3 Å². The van der Waals surface area contributed by atoms with Gasteiger partial charge >= 0.3 is 0 Å². The van der Waals surface area contributed by atoms with E-state index in [0.717, 1.165) is 11.1 Å². The first kappa shape index (κ1) is 13.7. The van der Waals surface area contributed by atoms with Crippen molar-refractivity contribution in [1.82, 2.24) is 0 Å². The lowest BCUT2D eigenvalue weighted by molar-refractivity contribution is 0.0143. The summed E-state index contributed by atoms with van der Waals surface area (Å²) in [7, 11) is 0. The van der Waals surface area contributed by atoms with Crippen molar-refractivity contribution in [2.24, 2.45) is 5.73 Å². The smallest absolute Gasteiger partial charge is 0.122 e. The summed E-state index contributed by atoms with van der Waals surface area (Å²) in [6.45, 7) is 5.68. The van der Waals surface area contributed by atoms with E-state index >= 15 is 0 Å². The average molecular weight is 236 g/mol. The van der Waals surface area contributed by atoms with E-state index < -0.39 is 0 Å². The second-order valence-corrected chi connectivity index (χ2v) is 4.09. The minimum absolute atomic E-state index is 0.0787. The molecule has 0 atom stereocenters. The van der Waals surface area contributed by atoms with Crippen molar-refractivity contribution in [1.29, 1.82) is 5.41 Å². The summed E-state index contributed by atoms with van der Waals surface area (Å²) >= 11 is 0. The van der Waals surface area contributed by atoms with Gasteiger partial charge in [-0.2, -0.15) is 0 Å². The van der Waals surface area contributed by atoms with Crippen molar-refractivity contribution in [3.05, 3.63) is 35.4 Å². The molecule has 0 heterocycles. The molecule has 0 aliphatic carbocycles. The fraction of sp³-hybridized carbons (Fsp3) is 0.462. The number of amidine groups is 1. The van der Waals surface area contributed by atoms with Crippen LogP contribution in [-0.2, 0) is 16.1 Å². The maximum absolute atomic E-state index is 7.34. The van der Waals surface area contributed by atoms with Crippen LogP contribution in [0.4, 0.5) is 0 Å². The number of nitrogen functional groups attached to an aromatic ring is 1. The van der Waals surface area contributed by atoms with Gasteiger partial charge in [-0.15, -0.1) is 0 Å². The topological polar surface area (TPSA) is 68.3 Å². The Morgan fingerprint density at radius 3 is 2.76 bits per heavy atom. The third kappa shape index (κ3) is 5.47. The predicted molar refractivity (Wildman–Crippen MR) is 68.2 cm³/mol. The van der Waals surface area contributed by atoms with Gasteiger partial charge in [-0.25, -0.2) is 0 Å². The summed E-state index contributed by atoms with van der Waals surface area (Å²) in [4.78, 5) is 0. The monoisotopic (exact) mass is 236 g/mol. The van der Waals surface area contributed by atoms with E-state index in [0.29, 0.717) is 19.8 Å². The van der Waals surface area contributed by atoms with E-state index in [1.165, 1.54) is 0 Å². The van der Waals surface area contributed by atoms with E-state index in [2.05, 4.69) is 0 Å². The molecule has 0 saturated carbocycles. The molecule has 0 aromatic heterocycles. The third-order valence-electron chi connectivity index (χ3n) is 2.19. The highest BCUT2D eigenvalue weighted by Crippen LogP contribution is 2.06. The van der Waals surface area contributed by atoms with Gasteiger partial charge < -0.3 is 15.2 Å². The molecule has 94 valence electrons. The van der Waals surface area contributed by atoms with Crippen LogP contribution in [0.3, 0.4) is 0 Å². The molecule has 1 aromatic carbocycles. The minimum atomic E-state index is 0.0787. The number of ether oxygens (including phenoxy) is 2. The molecule has 4 heteroatoms. The van der Waals surface area contributed by atoms with Gasteiger partial charge in [0.05, 0.1) is 25.9 Å². The zero-order valence-electron chi connectivity index (χ0n) is 10.4. The Bertz CT molecular complexity index is 364. The van der Waals surface area contributed by atoms with Crippen molar-refractivity contribution in [2.45, 2.75) is 26.6 Å². The lowest BCUT2D eigenvalue weighted by atomic mass is 10.1. The van der Waals surface area contributed by atoms with Crippen molar-refractivity contribution < 1.29 is 9.47 Å². The highest BCUT2D eigenvalue weighted by molar-refractivity contribution is 5.95. The number of nitrogens with one attached hydrogen (secondary N) is 1. The Kier molecular flexibility index (Phi) is 5.66. The van der Waals surface area contributed by atoms with E-state index in [1.807, 2.05) is 38.1 Å². The first-order valence-corrected chi connectivity index (χ1v) is 5.72. The van der Waals surface area contributed by atoms with Gasteiger partial charge in [0.2, 0.25) is 0 Å². The summed E-state index contributed by atoms with van der Waals surface area (Å²) in [5.74, 6) is 0.0787. The lowest BCUT2D eigenvalue weighted by Gasteiger charge is -2.08. The van der Waals surface area contributed by atoms with Crippen LogP contribution in [-0.4, -0.2) is 25.2 Å². The molecule has 1 rings (SSSR count). The molecule has 0 fully saturated rings. The van der Waals surface area contributed by atoms with E-state index in [-0.39, 0.29) is 11.9 Å². The van der Waals surface area contributed by atoms with Crippen LogP contribution in [0, 0.1) is 5.41 Å². The molecule has 0 aliphatic heterocycles. The fourth-order valence-corrected chi connectivity index (χ4v) is 1.36. The van der Waals surface area contributed by atoms with Gasteiger partial charge in [-0.1, -0.05) is 18.2 Å². The van der Waals surface area contributed by atoms with Crippen LogP contribution < -0.4 is 5.73 Å². The van der Waals surface area contributed by atoms with Gasteiger partial charge in [0, 0.05) is 5.56 Å². The molecular formula is C13H20N2O2. The quantitative estimate of drug-likeness (QED) is 0.431. The van der Waals surface area contributed by atoms with E-state index in [4.69, 9.17) is 20.6 Å². The van der Waals surface area contributed by atoms with Crippen LogP contribution in [0.2, 0.25) is 0 Å². The number of hydrogen-bond acceptors (Lipinski definition) is 3. The molecule has 4 nitrogen and oxygen atoms in total. The summed E-state index contributed by atoms with van der Waals surface area (Å²) in [5.41, 5.74) is 7.16. The fourth-order valence-electron chi connectivity index (χ4n) is 1.36. The SMILES string of the molecule is CC(C)OCCOCc1cccc(C(=N)N)c1. The Hall–Kier alpha value is -1.39. The number of nitrogens with two attached hydrogens (primary N) is 1. The molecular weight excluding hydrogens is 216 g/mol. The highest BCUT2D eigenvalue weighted by atomic mass is 16.5. The third-order valence-corrected chi connectivity index (χ3v) is 2.19. The van der Waals surface area contributed by atoms with Crippen molar-refractivity contribution in [2.75, 3.05) is 13.2 Å². The minimum Gasteiger partial charge on any atom is -0.384 e. The Labute approximate surface area is 102 Å². The second-order valence-electron chi connectivity index (χ2n) is 4.09. The number of benzene rings is 1. The first-order chi connectivity index (χ1) is 8.09. The zero-order chi connectivity index (χ0) is 12.7. The summed E-state index contributed by atoms with van der Waals surface area (Å²) in [5, 5.41) is 7.34. The first-order valence-electron chi connectivity index (χ1n) is 5.72. The molecule has 0 radical (unpaired) electrons. The van der Waals surface area contributed by atoms with Gasteiger partial charge in [0.15, 0.2) is 0 Å². The van der Waals surface area contributed by atoms with Gasteiger partial charge in [0.1, 0.15) is 5.84 Å². The van der Waals surface area contributed by atoms with Crippen LogP contribution in [0.5, 0.6) is 0 Å². The average Bonchev–Trinajstić information content (AvgIpc) is 2.28. The van der Waals surface area contributed by atoms with Crippen LogP contribution >= 0.6 is 0 Å². The van der Waals surface area contributed by atoms with Gasteiger partial charge in [-0.3, -0.25) is 5.41 Å². The predicted octanol–water partition coefficient (Wildman–Crippen LogP) is 1.91.